The van der Waals surface area contributed by atoms with Crippen LogP contribution in [0.2, 0.25) is 0 Å². The maximum absolute atomic E-state index is 13.5. The number of carbonyl (C=O) groups excluding carboxylic acids is 3. The average molecular weight is 548 g/mol. The first-order valence-corrected chi connectivity index (χ1v) is 14.8. The zero-order chi connectivity index (χ0) is 28.6. The molecule has 0 atom stereocenters. The SMILES string of the molecule is CCCCCCCN(CC(=O)Nc1ccc(C(=O)OC)cn1)C(=O)/C=C(/CCCc1ccccc1)CC1CCC1. The van der Waals surface area contributed by atoms with Crippen LogP contribution in [0, 0.1) is 5.92 Å². The number of pyridine rings is 1. The minimum Gasteiger partial charge on any atom is -0.465 e. The lowest BCUT2D eigenvalue weighted by atomic mass is 9.80. The topological polar surface area (TPSA) is 88.6 Å². The molecule has 2 amide bonds. The van der Waals surface area contributed by atoms with Crippen LogP contribution in [-0.2, 0) is 20.7 Å². The van der Waals surface area contributed by atoms with E-state index in [0.29, 0.717) is 23.8 Å². The molecule has 0 radical (unpaired) electrons. The first-order chi connectivity index (χ1) is 19.5. The summed E-state index contributed by atoms with van der Waals surface area (Å²) in [5.41, 5.74) is 2.82. The van der Waals surface area contributed by atoms with Crippen molar-refractivity contribution < 1.29 is 19.1 Å². The van der Waals surface area contributed by atoms with E-state index in [2.05, 4.69) is 41.5 Å². The Bertz CT molecular complexity index is 1090. The monoisotopic (exact) mass is 547 g/mol. The zero-order valence-electron chi connectivity index (χ0n) is 24.2. The number of carbonyl (C=O) groups is 3. The second-order valence-corrected chi connectivity index (χ2v) is 10.8. The lowest BCUT2D eigenvalue weighted by Crippen LogP contribution is -2.38. The molecule has 216 valence electrons. The molecule has 3 rings (SSSR count). The molecule has 40 heavy (non-hydrogen) atoms. The molecule has 7 heteroatoms. The maximum Gasteiger partial charge on any atom is 0.339 e. The molecule has 1 aliphatic carbocycles. The minimum absolute atomic E-state index is 0.0374. The van der Waals surface area contributed by atoms with Gasteiger partial charge in [0.1, 0.15) is 12.4 Å². The Kier molecular flexibility index (Phi) is 13.4. The van der Waals surface area contributed by atoms with E-state index >= 15 is 0 Å². The highest BCUT2D eigenvalue weighted by Crippen LogP contribution is 2.33. The smallest absolute Gasteiger partial charge is 0.339 e. The Morgan fingerprint density at radius 3 is 2.45 bits per heavy atom. The number of nitrogens with zero attached hydrogens (tertiary/aromatic N) is 2. The quantitative estimate of drug-likeness (QED) is 0.135. The van der Waals surface area contributed by atoms with Crippen molar-refractivity contribution in [3.63, 3.8) is 0 Å². The molecule has 2 aromatic rings. The van der Waals surface area contributed by atoms with Gasteiger partial charge in [0.25, 0.3) is 0 Å². The molecule has 1 heterocycles. The summed E-state index contributed by atoms with van der Waals surface area (Å²) in [6.07, 6.45) is 16.1. The fourth-order valence-electron chi connectivity index (χ4n) is 4.97. The Morgan fingerprint density at radius 2 is 1.80 bits per heavy atom. The van der Waals surface area contributed by atoms with Crippen LogP contribution < -0.4 is 5.32 Å². The van der Waals surface area contributed by atoms with Crippen molar-refractivity contribution in [3.8, 4) is 0 Å². The number of esters is 1. The van der Waals surface area contributed by atoms with Crippen LogP contribution in [0.4, 0.5) is 5.82 Å². The van der Waals surface area contributed by atoms with Gasteiger partial charge in [-0.05, 0) is 55.7 Å². The molecular weight excluding hydrogens is 502 g/mol. The molecule has 1 aromatic heterocycles. The largest absolute Gasteiger partial charge is 0.465 e. The summed E-state index contributed by atoms with van der Waals surface area (Å²) >= 11 is 0. The number of hydrogen-bond donors (Lipinski definition) is 1. The Morgan fingerprint density at radius 1 is 1.02 bits per heavy atom. The van der Waals surface area contributed by atoms with E-state index in [9.17, 15) is 14.4 Å². The van der Waals surface area contributed by atoms with E-state index in [1.54, 1.807) is 17.0 Å². The third kappa shape index (κ3) is 10.9. The second kappa shape index (κ2) is 17.3. The molecule has 0 saturated heterocycles. The number of methoxy groups -OCH3 is 1. The number of benzene rings is 1. The predicted molar refractivity (Wildman–Crippen MR) is 159 cm³/mol. The van der Waals surface area contributed by atoms with Crippen molar-refractivity contribution in [3.05, 3.63) is 71.4 Å². The van der Waals surface area contributed by atoms with Gasteiger partial charge in [-0.15, -0.1) is 0 Å². The van der Waals surface area contributed by atoms with E-state index in [0.717, 1.165) is 51.4 Å². The number of anilines is 1. The summed E-state index contributed by atoms with van der Waals surface area (Å²) < 4.78 is 4.70. The van der Waals surface area contributed by atoms with Gasteiger partial charge < -0.3 is 15.0 Å². The number of aryl methyl sites for hydroxylation is 1. The molecule has 7 nitrogen and oxygen atoms in total. The van der Waals surface area contributed by atoms with Crippen LogP contribution in [0.25, 0.3) is 0 Å². The molecule has 1 aromatic carbocycles. The second-order valence-electron chi connectivity index (χ2n) is 10.8. The summed E-state index contributed by atoms with van der Waals surface area (Å²) in [6, 6.07) is 13.6. The standard InChI is InChI=1S/C33H45N3O4/c1-3-4-5-6-10-21-36(25-31(37)35-30-20-19-29(24-34-30)33(39)40-2)32(38)23-28(22-27-16-12-17-27)18-11-15-26-13-8-7-9-14-26/h7-9,13-14,19-20,23-24,27H,3-6,10-12,15-18,21-22,25H2,1-2H3,(H,34,35,37)/b28-23-. The number of unbranched alkanes of at least 4 members (excludes halogenated alkanes) is 4. The molecule has 1 N–H and O–H groups in total. The van der Waals surface area contributed by atoms with Gasteiger partial charge in [-0.2, -0.15) is 0 Å². The zero-order valence-corrected chi connectivity index (χ0v) is 24.2. The van der Waals surface area contributed by atoms with E-state index in [-0.39, 0.29) is 18.4 Å². The van der Waals surface area contributed by atoms with Gasteiger partial charge in [0, 0.05) is 18.8 Å². The Labute approximate surface area is 239 Å². The number of ether oxygens (including phenoxy) is 1. The highest BCUT2D eigenvalue weighted by molar-refractivity contribution is 5.96. The number of aromatic nitrogens is 1. The summed E-state index contributed by atoms with van der Waals surface area (Å²) in [5.74, 6) is 0.112. The number of amides is 2. The van der Waals surface area contributed by atoms with E-state index in [1.165, 1.54) is 50.1 Å². The van der Waals surface area contributed by atoms with Gasteiger partial charge in [0.2, 0.25) is 11.8 Å². The van der Waals surface area contributed by atoms with E-state index < -0.39 is 5.97 Å². The van der Waals surface area contributed by atoms with Gasteiger partial charge in [-0.3, -0.25) is 9.59 Å². The van der Waals surface area contributed by atoms with Crippen LogP contribution in [-0.4, -0.2) is 47.9 Å². The fraction of sp³-hybridized carbons (Fsp3) is 0.515. The van der Waals surface area contributed by atoms with E-state index in [1.807, 2.05) is 12.1 Å². The van der Waals surface area contributed by atoms with Crippen LogP contribution in [0.1, 0.15) is 93.5 Å². The van der Waals surface area contributed by atoms with Gasteiger partial charge in [0.15, 0.2) is 0 Å². The first-order valence-electron chi connectivity index (χ1n) is 14.8. The summed E-state index contributed by atoms with van der Waals surface area (Å²) in [7, 11) is 1.31. The van der Waals surface area contributed by atoms with Gasteiger partial charge in [-0.25, -0.2) is 9.78 Å². The van der Waals surface area contributed by atoms with Crippen molar-refractivity contribution in [2.75, 3.05) is 25.5 Å². The normalized spacial score (nSPS) is 13.4. The lowest BCUT2D eigenvalue weighted by molar-refractivity contribution is -0.130. The summed E-state index contributed by atoms with van der Waals surface area (Å²) in [6.45, 7) is 2.68. The molecule has 1 fully saturated rings. The molecular formula is C33H45N3O4. The van der Waals surface area contributed by atoms with Gasteiger partial charge >= 0.3 is 5.97 Å². The molecule has 0 spiro atoms. The molecule has 1 saturated carbocycles. The van der Waals surface area contributed by atoms with Crippen LogP contribution in [0.3, 0.4) is 0 Å². The summed E-state index contributed by atoms with van der Waals surface area (Å²) in [5, 5.41) is 2.76. The Balaban J connectivity index is 1.65. The Hall–Kier alpha value is -3.48. The third-order valence-corrected chi connectivity index (χ3v) is 7.54. The predicted octanol–water partition coefficient (Wildman–Crippen LogP) is 6.75. The number of hydrogen-bond acceptors (Lipinski definition) is 5. The summed E-state index contributed by atoms with van der Waals surface area (Å²) in [4.78, 5) is 43.9. The highest BCUT2D eigenvalue weighted by Gasteiger charge is 2.21. The van der Waals surface area contributed by atoms with E-state index in [4.69, 9.17) is 4.74 Å². The fourth-order valence-corrected chi connectivity index (χ4v) is 4.97. The number of rotatable bonds is 17. The van der Waals surface area contributed by atoms with Crippen LogP contribution in [0.15, 0.2) is 60.3 Å². The first kappa shape index (κ1) is 31.1. The van der Waals surface area contributed by atoms with Crippen LogP contribution >= 0.6 is 0 Å². The highest BCUT2D eigenvalue weighted by atomic mass is 16.5. The maximum atomic E-state index is 13.5. The van der Waals surface area contributed by atoms with Crippen molar-refractivity contribution in [2.24, 2.45) is 5.92 Å². The number of nitrogens with one attached hydrogen (secondary N) is 1. The van der Waals surface area contributed by atoms with Crippen molar-refractivity contribution in [1.29, 1.82) is 0 Å². The number of allylic oxidation sites excluding steroid dienone is 1. The minimum atomic E-state index is -0.488. The van der Waals surface area contributed by atoms with Crippen molar-refractivity contribution >= 4 is 23.6 Å². The van der Waals surface area contributed by atoms with Gasteiger partial charge in [0.05, 0.1) is 12.7 Å². The molecule has 1 aliphatic rings. The van der Waals surface area contributed by atoms with Crippen LogP contribution in [0.5, 0.6) is 0 Å². The molecule has 0 aliphatic heterocycles. The average Bonchev–Trinajstić information content (AvgIpc) is 2.94. The molecule has 0 bridgehead atoms. The van der Waals surface area contributed by atoms with Crippen molar-refractivity contribution in [1.82, 2.24) is 9.88 Å². The van der Waals surface area contributed by atoms with Gasteiger partial charge in [-0.1, -0.05) is 87.8 Å². The van der Waals surface area contributed by atoms with Crippen molar-refractivity contribution in [2.45, 2.75) is 84.0 Å². The lowest BCUT2D eigenvalue weighted by Gasteiger charge is -2.27. The third-order valence-electron chi connectivity index (χ3n) is 7.54. The molecule has 0 unspecified atom stereocenters.